The molecule has 0 N–H and O–H groups in total. The third kappa shape index (κ3) is 6.55. The van der Waals surface area contributed by atoms with Gasteiger partial charge in [-0.2, -0.15) is 8.78 Å². The van der Waals surface area contributed by atoms with Gasteiger partial charge in [-0.25, -0.2) is 4.39 Å². The maximum atomic E-state index is 14.8. The first kappa shape index (κ1) is 24.3. The van der Waals surface area contributed by atoms with E-state index in [9.17, 15) is 13.2 Å². The first-order chi connectivity index (χ1) is 15.0. The molecule has 2 saturated carbocycles. The van der Waals surface area contributed by atoms with Crippen molar-refractivity contribution in [2.45, 2.75) is 90.6 Å². The van der Waals surface area contributed by atoms with Crippen molar-refractivity contribution in [3.63, 3.8) is 0 Å². The highest BCUT2D eigenvalue weighted by atomic mass is 19.2. The fraction of sp³-hybridized carbons (Fsp3) is 0.769. The highest BCUT2D eigenvalue weighted by Crippen LogP contribution is 2.43. The molecule has 176 valence electrons. The van der Waals surface area contributed by atoms with Crippen molar-refractivity contribution < 1.29 is 22.6 Å². The minimum absolute atomic E-state index is 0.0485. The molecule has 2 fully saturated rings. The van der Waals surface area contributed by atoms with Gasteiger partial charge in [-0.05, 0) is 81.3 Å². The molecule has 0 aromatic heterocycles. The Balaban J connectivity index is 1.38. The molecule has 2 aliphatic rings. The van der Waals surface area contributed by atoms with Gasteiger partial charge in [-0.3, -0.25) is 0 Å². The minimum atomic E-state index is -1.07. The van der Waals surface area contributed by atoms with Gasteiger partial charge in [0, 0.05) is 6.42 Å². The Morgan fingerprint density at radius 3 is 1.94 bits per heavy atom. The van der Waals surface area contributed by atoms with Gasteiger partial charge in [-0.15, -0.1) is 0 Å². The molecule has 0 radical (unpaired) electrons. The van der Waals surface area contributed by atoms with Crippen LogP contribution in [0.5, 0.6) is 11.5 Å². The van der Waals surface area contributed by atoms with Gasteiger partial charge in [-0.1, -0.05) is 32.6 Å². The Labute approximate surface area is 185 Å². The van der Waals surface area contributed by atoms with E-state index in [1.54, 1.807) is 6.92 Å². The number of ether oxygens (including phenoxy) is 2. The van der Waals surface area contributed by atoms with Crippen LogP contribution in [0.25, 0.3) is 0 Å². The van der Waals surface area contributed by atoms with Gasteiger partial charge < -0.3 is 9.47 Å². The van der Waals surface area contributed by atoms with Crippen LogP contribution >= 0.6 is 0 Å². The average molecular weight is 441 g/mol. The van der Waals surface area contributed by atoms with E-state index in [4.69, 9.17) is 9.47 Å². The second-order valence-electron chi connectivity index (χ2n) is 9.52. The van der Waals surface area contributed by atoms with Crippen LogP contribution in [0.4, 0.5) is 13.2 Å². The molecule has 2 nitrogen and oxygen atoms in total. The van der Waals surface area contributed by atoms with Crippen molar-refractivity contribution in [2.75, 3.05) is 13.2 Å². The van der Waals surface area contributed by atoms with E-state index in [1.165, 1.54) is 50.7 Å². The maximum Gasteiger partial charge on any atom is 0.204 e. The zero-order chi connectivity index (χ0) is 22.2. The van der Waals surface area contributed by atoms with Gasteiger partial charge >= 0.3 is 0 Å². The van der Waals surface area contributed by atoms with E-state index >= 15 is 0 Å². The Kier molecular flexibility index (Phi) is 9.40. The Bertz CT molecular complexity index is 665. The van der Waals surface area contributed by atoms with E-state index in [0.29, 0.717) is 0 Å². The molecule has 0 aliphatic heterocycles. The monoisotopic (exact) mass is 440 g/mol. The number of alkyl halides is 1. The molecule has 1 aromatic carbocycles. The minimum Gasteiger partial charge on any atom is -0.491 e. The second kappa shape index (κ2) is 12.0. The highest BCUT2D eigenvalue weighted by Gasteiger charge is 2.33. The lowest BCUT2D eigenvalue weighted by molar-refractivity contribution is 0.0950. The maximum absolute atomic E-state index is 14.8. The molecule has 5 heteroatoms. The van der Waals surface area contributed by atoms with Crippen LogP contribution in [-0.2, 0) is 0 Å². The summed E-state index contributed by atoms with van der Waals surface area (Å²) >= 11 is 0. The molecular weight excluding hydrogens is 401 g/mol. The predicted molar refractivity (Wildman–Crippen MR) is 118 cm³/mol. The summed E-state index contributed by atoms with van der Waals surface area (Å²) in [6.45, 7) is 4.28. The largest absolute Gasteiger partial charge is 0.491 e. The molecule has 0 heterocycles. The summed E-state index contributed by atoms with van der Waals surface area (Å²) in [7, 11) is 0. The van der Waals surface area contributed by atoms with Crippen molar-refractivity contribution in [1.29, 1.82) is 0 Å². The van der Waals surface area contributed by atoms with E-state index < -0.39 is 17.8 Å². The van der Waals surface area contributed by atoms with Gasteiger partial charge in [0.05, 0.1) is 13.2 Å². The average Bonchev–Trinajstić information content (AvgIpc) is 2.79. The second-order valence-corrected chi connectivity index (χ2v) is 9.52. The zero-order valence-corrected chi connectivity index (χ0v) is 19.2. The highest BCUT2D eigenvalue weighted by molar-refractivity contribution is 5.35. The van der Waals surface area contributed by atoms with Crippen molar-refractivity contribution in [2.24, 2.45) is 23.7 Å². The topological polar surface area (TPSA) is 18.5 Å². The van der Waals surface area contributed by atoms with Crippen LogP contribution in [0.2, 0.25) is 0 Å². The van der Waals surface area contributed by atoms with Gasteiger partial charge in [0.25, 0.3) is 0 Å². The summed E-state index contributed by atoms with van der Waals surface area (Å²) < 4.78 is 53.2. The number of hydrogen-bond acceptors (Lipinski definition) is 2. The molecule has 1 unspecified atom stereocenters. The van der Waals surface area contributed by atoms with Crippen LogP contribution in [0.1, 0.15) is 84.5 Å². The fourth-order valence-electron chi connectivity index (χ4n) is 5.74. The van der Waals surface area contributed by atoms with E-state index in [0.717, 1.165) is 43.4 Å². The third-order valence-corrected chi connectivity index (χ3v) is 7.55. The molecule has 0 saturated heterocycles. The Morgan fingerprint density at radius 2 is 1.39 bits per heavy atom. The van der Waals surface area contributed by atoms with E-state index in [-0.39, 0.29) is 37.1 Å². The first-order valence-electron chi connectivity index (χ1n) is 12.4. The summed E-state index contributed by atoms with van der Waals surface area (Å²) in [5, 5.41) is 0. The zero-order valence-electron chi connectivity index (χ0n) is 19.2. The van der Waals surface area contributed by atoms with Crippen LogP contribution < -0.4 is 9.47 Å². The summed E-state index contributed by atoms with van der Waals surface area (Å²) in [4.78, 5) is 0. The van der Waals surface area contributed by atoms with Gasteiger partial charge in [0.1, 0.15) is 6.17 Å². The van der Waals surface area contributed by atoms with Crippen LogP contribution in [0.3, 0.4) is 0 Å². The van der Waals surface area contributed by atoms with Gasteiger partial charge in [0.2, 0.25) is 11.6 Å². The predicted octanol–water partition coefficient (Wildman–Crippen LogP) is 7.88. The number of halogens is 3. The third-order valence-electron chi connectivity index (χ3n) is 7.55. The molecule has 1 aromatic rings. The molecular formula is C26H39F3O2. The van der Waals surface area contributed by atoms with E-state index in [2.05, 4.69) is 6.92 Å². The van der Waals surface area contributed by atoms with Crippen LogP contribution in [0, 0.1) is 35.3 Å². The lowest BCUT2D eigenvalue weighted by Crippen LogP contribution is -2.29. The summed E-state index contributed by atoms with van der Waals surface area (Å²) in [6.07, 6.45) is 11.5. The fourth-order valence-corrected chi connectivity index (χ4v) is 5.74. The molecule has 0 bridgehead atoms. The first-order valence-corrected chi connectivity index (χ1v) is 12.4. The lowest BCUT2D eigenvalue weighted by Gasteiger charge is -2.38. The van der Waals surface area contributed by atoms with E-state index in [1.807, 2.05) is 0 Å². The Hall–Kier alpha value is -1.39. The van der Waals surface area contributed by atoms with Crippen molar-refractivity contribution in [3.8, 4) is 11.5 Å². The SMILES string of the molecule is CCCC1CCC(C2CCC(C(F)CCOc3ccc(OCC)c(F)c3F)CC2)CC1. The summed E-state index contributed by atoms with van der Waals surface area (Å²) in [5.74, 6) is 0.159. The number of hydrogen-bond donors (Lipinski definition) is 0. The smallest absolute Gasteiger partial charge is 0.204 e. The molecule has 3 rings (SSSR count). The Morgan fingerprint density at radius 1 is 0.839 bits per heavy atom. The van der Waals surface area contributed by atoms with Gasteiger partial charge in [0.15, 0.2) is 11.5 Å². The number of rotatable bonds is 10. The lowest BCUT2D eigenvalue weighted by atomic mass is 9.68. The molecule has 0 amide bonds. The van der Waals surface area contributed by atoms with Crippen molar-refractivity contribution in [3.05, 3.63) is 23.8 Å². The molecule has 1 atom stereocenters. The summed E-state index contributed by atoms with van der Waals surface area (Å²) in [5.41, 5.74) is 0. The van der Waals surface area contributed by atoms with Crippen molar-refractivity contribution in [1.82, 2.24) is 0 Å². The summed E-state index contributed by atoms with van der Waals surface area (Å²) in [6, 6.07) is 2.69. The quantitative estimate of drug-likeness (QED) is 0.368. The normalized spacial score (nSPS) is 27.6. The van der Waals surface area contributed by atoms with Crippen LogP contribution in [-0.4, -0.2) is 19.4 Å². The number of benzene rings is 1. The van der Waals surface area contributed by atoms with Crippen LogP contribution in [0.15, 0.2) is 12.1 Å². The molecule has 0 spiro atoms. The standard InChI is InChI=1S/C26H39F3O2/c1-3-5-18-6-8-19(9-7-18)20-10-12-21(13-11-20)22(27)16-17-31-24-15-14-23(30-4-2)25(28)26(24)29/h14-15,18-22H,3-13,16-17H2,1-2H3. The molecule has 31 heavy (non-hydrogen) atoms. The van der Waals surface area contributed by atoms with Crippen molar-refractivity contribution >= 4 is 0 Å². The molecule has 2 aliphatic carbocycles.